The zero-order chi connectivity index (χ0) is 16.8. The van der Waals surface area contributed by atoms with Crippen LogP contribution in [-0.4, -0.2) is 5.91 Å². The number of hydrogen-bond acceptors (Lipinski definition) is 3. The van der Waals surface area contributed by atoms with E-state index in [0.29, 0.717) is 12.3 Å². The van der Waals surface area contributed by atoms with E-state index in [4.69, 9.17) is 21.6 Å². The lowest BCUT2D eigenvalue weighted by molar-refractivity contribution is -0.120. The highest BCUT2D eigenvalue weighted by Crippen LogP contribution is 2.29. The van der Waals surface area contributed by atoms with Gasteiger partial charge in [-0.3, -0.25) is 4.79 Å². The summed E-state index contributed by atoms with van der Waals surface area (Å²) in [6.45, 7) is 4.27. The molecule has 4 nitrogen and oxygen atoms in total. The number of nitrogens with zero attached hydrogens (tertiary/aromatic N) is 1. The molecule has 0 aromatic heterocycles. The molecule has 0 atom stereocenters. The minimum atomic E-state index is -0.278. The quantitative estimate of drug-likeness (QED) is 0.891. The summed E-state index contributed by atoms with van der Waals surface area (Å²) in [5, 5.41) is 11.9. The van der Waals surface area contributed by atoms with Gasteiger partial charge in [-0.25, -0.2) is 0 Å². The average Bonchev–Trinajstić information content (AvgIpc) is 2.52. The summed E-state index contributed by atoms with van der Waals surface area (Å²) in [4.78, 5) is 11.2. The molecule has 0 aliphatic rings. The van der Waals surface area contributed by atoms with Gasteiger partial charge in [0, 0.05) is 11.6 Å². The second-order valence-corrected chi connectivity index (χ2v) is 5.61. The molecule has 23 heavy (non-hydrogen) atoms. The van der Waals surface area contributed by atoms with Crippen LogP contribution in [0.1, 0.15) is 23.1 Å². The molecule has 2 rings (SSSR count). The molecule has 0 saturated carbocycles. The maximum Gasteiger partial charge on any atom is 0.234 e. The van der Waals surface area contributed by atoms with E-state index in [9.17, 15) is 4.79 Å². The first-order valence-electron chi connectivity index (χ1n) is 7.17. The Kier molecular flexibility index (Phi) is 5.61. The summed E-state index contributed by atoms with van der Waals surface area (Å²) >= 11 is 6.15. The number of carbonyl (C=O) groups is 1. The first-order chi connectivity index (χ1) is 11.0. The van der Waals surface area contributed by atoms with Crippen LogP contribution in [0.5, 0.6) is 11.5 Å². The fraction of sp³-hybridized carbons (Fsp3) is 0.222. The lowest BCUT2D eigenvalue weighted by Gasteiger charge is -2.10. The third kappa shape index (κ3) is 4.73. The molecule has 0 saturated heterocycles. The Morgan fingerprint density at radius 1 is 1.17 bits per heavy atom. The molecule has 1 amide bonds. The summed E-state index contributed by atoms with van der Waals surface area (Å²) in [6, 6.07) is 13.0. The maximum atomic E-state index is 11.2. The molecule has 0 unspecified atom stereocenters. The van der Waals surface area contributed by atoms with Gasteiger partial charge in [0.25, 0.3) is 0 Å². The topological polar surface area (TPSA) is 62.1 Å². The number of rotatable bonds is 5. The zero-order valence-corrected chi connectivity index (χ0v) is 13.8. The molecule has 118 valence electrons. The lowest BCUT2D eigenvalue weighted by Crippen LogP contribution is -2.21. The SMILES string of the molecule is Cc1cc(Oc2ccc(CNC(=O)CC#N)cc2)cc(C)c1Cl. The summed E-state index contributed by atoms with van der Waals surface area (Å²) in [5.74, 6) is 1.16. The van der Waals surface area contributed by atoms with Crippen LogP contribution < -0.4 is 10.1 Å². The van der Waals surface area contributed by atoms with E-state index >= 15 is 0 Å². The molecule has 0 aliphatic carbocycles. The second kappa shape index (κ2) is 7.66. The molecule has 0 aliphatic heterocycles. The Bertz CT molecular complexity index is 726. The average molecular weight is 329 g/mol. The van der Waals surface area contributed by atoms with E-state index in [-0.39, 0.29) is 12.3 Å². The molecule has 2 aromatic rings. The van der Waals surface area contributed by atoms with Gasteiger partial charge in [-0.15, -0.1) is 0 Å². The predicted octanol–water partition coefficient (Wildman–Crippen LogP) is 4.28. The number of hydrogen-bond donors (Lipinski definition) is 1. The van der Waals surface area contributed by atoms with Crippen LogP contribution in [0.25, 0.3) is 0 Å². The van der Waals surface area contributed by atoms with Gasteiger partial charge in [0.15, 0.2) is 0 Å². The van der Waals surface area contributed by atoms with Crippen molar-refractivity contribution in [2.45, 2.75) is 26.8 Å². The Labute approximate surface area is 140 Å². The van der Waals surface area contributed by atoms with Crippen LogP contribution in [-0.2, 0) is 11.3 Å². The van der Waals surface area contributed by atoms with Gasteiger partial charge >= 0.3 is 0 Å². The first kappa shape index (κ1) is 16.9. The number of carbonyl (C=O) groups excluding carboxylic acids is 1. The monoisotopic (exact) mass is 328 g/mol. The van der Waals surface area contributed by atoms with Crippen molar-refractivity contribution in [1.82, 2.24) is 5.32 Å². The maximum absolute atomic E-state index is 11.2. The van der Waals surface area contributed by atoms with Crippen LogP contribution in [0.15, 0.2) is 36.4 Å². The molecule has 0 bridgehead atoms. The standard InChI is InChI=1S/C18H17ClN2O2/c1-12-9-16(10-13(2)18(12)19)23-15-5-3-14(4-6-15)11-21-17(22)7-8-20/h3-6,9-10H,7,11H2,1-2H3,(H,21,22). The molecule has 0 spiro atoms. The molecular formula is C18H17ClN2O2. The van der Waals surface area contributed by atoms with Gasteiger partial charge in [0.1, 0.15) is 17.9 Å². The molecule has 0 radical (unpaired) electrons. The van der Waals surface area contributed by atoms with Crippen LogP contribution >= 0.6 is 11.6 Å². The van der Waals surface area contributed by atoms with Crippen LogP contribution in [0.4, 0.5) is 0 Å². The fourth-order valence-corrected chi connectivity index (χ4v) is 2.22. The lowest BCUT2D eigenvalue weighted by atomic mass is 10.1. The number of halogens is 1. The molecule has 2 aromatic carbocycles. The number of aryl methyl sites for hydroxylation is 2. The number of ether oxygens (including phenoxy) is 1. The predicted molar refractivity (Wildman–Crippen MR) is 89.5 cm³/mol. The van der Waals surface area contributed by atoms with E-state index in [1.54, 1.807) is 0 Å². The smallest absolute Gasteiger partial charge is 0.234 e. The Morgan fingerprint density at radius 2 is 1.78 bits per heavy atom. The summed E-state index contributed by atoms with van der Waals surface area (Å²) in [7, 11) is 0. The van der Waals surface area contributed by atoms with Crippen molar-refractivity contribution in [3.63, 3.8) is 0 Å². The van der Waals surface area contributed by atoms with Gasteiger partial charge in [0.2, 0.25) is 5.91 Å². The number of nitriles is 1. The zero-order valence-electron chi connectivity index (χ0n) is 13.0. The Hall–Kier alpha value is -2.51. The van der Waals surface area contributed by atoms with E-state index < -0.39 is 0 Å². The van der Waals surface area contributed by atoms with Crippen molar-refractivity contribution in [3.8, 4) is 17.6 Å². The van der Waals surface area contributed by atoms with Gasteiger partial charge in [0.05, 0.1) is 6.07 Å². The third-order valence-corrected chi connectivity index (χ3v) is 3.89. The Morgan fingerprint density at radius 3 is 2.35 bits per heavy atom. The van der Waals surface area contributed by atoms with Crippen molar-refractivity contribution in [1.29, 1.82) is 5.26 Å². The van der Waals surface area contributed by atoms with E-state index in [0.717, 1.165) is 27.5 Å². The first-order valence-corrected chi connectivity index (χ1v) is 7.54. The minimum Gasteiger partial charge on any atom is -0.457 e. The van der Waals surface area contributed by atoms with Gasteiger partial charge < -0.3 is 10.1 Å². The highest BCUT2D eigenvalue weighted by molar-refractivity contribution is 6.32. The van der Waals surface area contributed by atoms with Crippen LogP contribution in [0.3, 0.4) is 0 Å². The molecule has 1 N–H and O–H groups in total. The fourth-order valence-electron chi connectivity index (χ4n) is 2.11. The summed E-state index contributed by atoms with van der Waals surface area (Å²) in [5.41, 5.74) is 2.88. The highest BCUT2D eigenvalue weighted by Gasteiger charge is 2.05. The molecule has 5 heteroatoms. The Balaban J connectivity index is 2.00. The van der Waals surface area contributed by atoms with Gasteiger partial charge in [-0.1, -0.05) is 23.7 Å². The van der Waals surface area contributed by atoms with Crippen molar-refractivity contribution in [3.05, 3.63) is 58.1 Å². The second-order valence-electron chi connectivity index (χ2n) is 5.23. The van der Waals surface area contributed by atoms with E-state index in [1.165, 1.54) is 0 Å². The van der Waals surface area contributed by atoms with Crippen molar-refractivity contribution >= 4 is 17.5 Å². The van der Waals surface area contributed by atoms with Crippen molar-refractivity contribution in [2.24, 2.45) is 0 Å². The van der Waals surface area contributed by atoms with Gasteiger partial charge in [-0.2, -0.15) is 5.26 Å². The summed E-state index contributed by atoms with van der Waals surface area (Å²) in [6.07, 6.45) is -0.129. The normalized spacial score (nSPS) is 10.0. The van der Waals surface area contributed by atoms with Crippen LogP contribution in [0.2, 0.25) is 5.02 Å². The highest BCUT2D eigenvalue weighted by atomic mass is 35.5. The summed E-state index contributed by atoms with van der Waals surface area (Å²) < 4.78 is 5.83. The third-order valence-electron chi connectivity index (χ3n) is 3.30. The van der Waals surface area contributed by atoms with Gasteiger partial charge in [-0.05, 0) is 54.8 Å². The molecule has 0 heterocycles. The number of nitrogens with one attached hydrogen (secondary N) is 1. The minimum absolute atomic E-state index is 0.129. The molecule has 0 fully saturated rings. The number of benzene rings is 2. The molecular weight excluding hydrogens is 312 g/mol. The van der Waals surface area contributed by atoms with E-state index in [2.05, 4.69) is 5.32 Å². The largest absolute Gasteiger partial charge is 0.457 e. The van der Waals surface area contributed by atoms with E-state index in [1.807, 2.05) is 56.3 Å². The van der Waals surface area contributed by atoms with Crippen molar-refractivity contribution < 1.29 is 9.53 Å². The van der Waals surface area contributed by atoms with Crippen molar-refractivity contribution in [2.75, 3.05) is 0 Å². The number of amides is 1. The van der Waals surface area contributed by atoms with Crippen LogP contribution in [0, 0.1) is 25.2 Å².